The van der Waals surface area contributed by atoms with Crippen molar-refractivity contribution in [1.29, 1.82) is 0 Å². The number of carbonyl (C=O) groups is 2. The van der Waals surface area contributed by atoms with Gasteiger partial charge in [-0.05, 0) is 50.1 Å². The number of hydrogen-bond donors (Lipinski definition) is 0. The lowest BCUT2D eigenvalue weighted by Gasteiger charge is -2.36. The van der Waals surface area contributed by atoms with Gasteiger partial charge in [0.1, 0.15) is 5.75 Å². The molecule has 218 valence electrons. The molecule has 0 atom stereocenters. The van der Waals surface area contributed by atoms with Crippen LogP contribution in [0, 0.1) is 6.92 Å². The average molecular weight is 607 g/mol. The lowest BCUT2D eigenvalue weighted by molar-refractivity contribution is -0.274. The van der Waals surface area contributed by atoms with E-state index >= 15 is 0 Å². The molecular formula is C29H30ClF3N4O3S. The lowest BCUT2D eigenvalue weighted by Crippen LogP contribution is -2.49. The van der Waals surface area contributed by atoms with Crippen molar-refractivity contribution in [3.63, 3.8) is 0 Å². The van der Waals surface area contributed by atoms with E-state index in [1.165, 1.54) is 18.2 Å². The molecule has 12 heteroatoms. The molecule has 1 aromatic heterocycles. The van der Waals surface area contributed by atoms with Crippen molar-refractivity contribution in [1.82, 2.24) is 14.8 Å². The number of anilines is 1. The van der Waals surface area contributed by atoms with Gasteiger partial charge in [0.2, 0.25) is 5.91 Å². The number of amides is 2. The largest absolute Gasteiger partial charge is 0.573 e. The van der Waals surface area contributed by atoms with Gasteiger partial charge in [-0.2, -0.15) is 0 Å². The van der Waals surface area contributed by atoms with Crippen molar-refractivity contribution in [3.8, 4) is 5.75 Å². The highest BCUT2D eigenvalue weighted by Crippen LogP contribution is 2.34. The molecule has 2 saturated heterocycles. The van der Waals surface area contributed by atoms with Crippen LogP contribution in [0.3, 0.4) is 0 Å². The van der Waals surface area contributed by atoms with Gasteiger partial charge in [-0.15, -0.1) is 24.5 Å². The number of rotatable bonds is 6. The van der Waals surface area contributed by atoms with Gasteiger partial charge in [0.25, 0.3) is 5.91 Å². The zero-order chi connectivity index (χ0) is 29.1. The monoisotopic (exact) mass is 606 g/mol. The van der Waals surface area contributed by atoms with Crippen molar-refractivity contribution in [2.45, 2.75) is 38.5 Å². The van der Waals surface area contributed by atoms with Crippen LogP contribution < -0.4 is 9.64 Å². The standard InChI is InChI=1S/C29H30ClF3N4O3S/c1-19-24(18-26(38)36-15-13-35(14-16-36)22-6-4-5-21(30)17-22)34-27(41-19)20-9-11-37(12-10-20)28(39)23-7-2-3-8-25(23)40-29(31,32)33/h2-8,17,20H,9-16,18H2,1H3. The Morgan fingerprint density at radius 1 is 1.00 bits per heavy atom. The topological polar surface area (TPSA) is 66.0 Å². The van der Waals surface area contributed by atoms with E-state index in [0.717, 1.165) is 40.4 Å². The molecule has 0 saturated carbocycles. The Hall–Kier alpha value is -3.31. The van der Waals surface area contributed by atoms with Gasteiger partial charge in [0, 0.05) is 60.8 Å². The molecular weight excluding hydrogens is 577 g/mol. The van der Waals surface area contributed by atoms with E-state index in [1.54, 1.807) is 16.2 Å². The SMILES string of the molecule is Cc1sc(C2CCN(C(=O)c3ccccc3OC(F)(F)F)CC2)nc1CC(=O)N1CCN(c2cccc(Cl)c2)CC1. The molecule has 2 aromatic carbocycles. The van der Waals surface area contributed by atoms with E-state index in [0.29, 0.717) is 44.0 Å². The molecule has 0 spiro atoms. The highest BCUT2D eigenvalue weighted by molar-refractivity contribution is 7.11. The molecule has 3 heterocycles. The Kier molecular flexibility index (Phi) is 8.74. The second-order valence-electron chi connectivity index (χ2n) is 10.2. The summed E-state index contributed by atoms with van der Waals surface area (Å²) in [5, 5.41) is 1.62. The third-order valence-electron chi connectivity index (χ3n) is 7.51. The summed E-state index contributed by atoms with van der Waals surface area (Å²) in [7, 11) is 0. The summed E-state index contributed by atoms with van der Waals surface area (Å²) in [6.45, 7) is 5.49. The maximum Gasteiger partial charge on any atom is 0.573 e. The smallest absolute Gasteiger partial charge is 0.405 e. The predicted molar refractivity (Wildman–Crippen MR) is 152 cm³/mol. The number of aryl methyl sites for hydroxylation is 1. The van der Waals surface area contributed by atoms with Crippen LogP contribution >= 0.6 is 22.9 Å². The molecule has 41 heavy (non-hydrogen) atoms. The number of ether oxygens (including phenoxy) is 1. The number of likely N-dealkylation sites (tertiary alicyclic amines) is 1. The molecule has 3 aromatic rings. The first-order valence-corrected chi connectivity index (χ1v) is 14.7. The maximum atomic E-state index is 13.1. The lowest BCUT2D eigenvalue weighted by atomic mass is 9.97. The van der Waals surface area contributed by atoms with Crippen LogP contribution in [0.2, 0.25) is 5.02 Å². The summed E-state index contributed by atoms with van der Waals surface area (Å²) in [6, 6.07) is 13.1. The number of halogens is 4. The second kappa shape index (κ2) is 12.3. The minimum atomic E-state index is -4.88. The van der Waals surface area contributed by atoms with E-state index in [1.807, 2.05) is 36.1 Å². The van der Waals surface area contributed by atoms with Gasteiger partial charge >= 0.3 is 6.36 Å². The number of alkyl halides is 3. The summed E-state index contributed by atoms with van der Waals surface area (Å²) in [5.41, 5.74) is 1.72. The fourth-order valence-electron chi connectivity index (χ4n) is 5.29. The Morgan fingerprint density at radius 3 is 2.39 bits per heavy atom. The van der Waals surface area contributed by atoms with Gasteiger partial charge in [-0.3, -0.25) is 9.59 Å². The normalized spacial score (nSPS) is 16.7. The van der Waals surface area contributed by atoms with E-state index in [9.17, 15) is 22.8 Å². The molecule has 7 nitrogen and oxygen atoms in total. The average Bonchev–Trinajstić information content (AvgIpc) is 3.32. The van der Waals surface area contributed by atoms with Gasteiger partial charge in [-0.1, -0.05) is 29.8 Å². The van der Waals surface area contributed by atoms with Crippen LogP contribution in [-0.4, -0.2) is 72.2 Å². The first-order chi connectivity index (χ1) is 19.6. The minimum Gasteiger partial charge on any atom is -0.405 e. The number of aromatic nitrogens is 1. The van der Waals surface area contributed by atoms with E-state index < -0.39 is 18.0 Å². The molecule has 2 aliphatic heterocycles. The summed E-state index contributed by atoms with van der Waals surface area (Å²) >= 11 is 7.70. The van der Waals surface area contributed by atoms with Crippen LogP contribution in [-0.2, 0) is 11.2 Å². The highest BCUT2D eigenvalue weighted by atomic mass is 35.5. The number of piperidine rings is 1. The fraction of sp³-hybridized carbons (Fsp3) is 0.414. The number of carbonyl (C=O) groups excluding carboxylic acids is 2. The zero-order valence-electron chi connectivity index (χ0n) is 22.5. The van der Waals surface area contributed by atoms with Crippen LogP contribution in [0.5, 0.6) is 5.75 Å². The first-order valence-electron chi connectivity index (χ1n) is 13.5. The molecule has 2 amide bonds. The van der Waals surface area contributed by atoms with Crippen molar-refractivity contribution in [2.24, 2.45) is 0 Å². The molecule has 0 unspecified atom stereocenters. The summed E-state index contributed by atoms with van der Waals surface area (Å²) in [6.07, 6.45) is -3.36. The van der Waals surface area contributed by atoms with E-state index in [-0.39, 0.29) is 23.8 Å². The van der Waals surface area contributed by atoms with Crippen molar-refractivity contribution in [3.05, 3.63) is 74.7 Å². The van der Waals surface area contributed by atoms with Gasteiger partial charge < -0.3 is 19.4 Å². The zero-order valence-corrected chi connectivity index (χ0v) is 24.1. The third-order valence-corrected chi connectivity index (χ3v) is 8.92. The minimum absolute atomic E-state index is 0.0517. The molecule has 0 N–H and O–H groups in total. The summed E-state index contributed by atoms with van der Waals surface area (Å²) in [4.78, 5) is 37.6. The highest BCUT2D eigenvalue weighted by Gasteiger charge is 2.34. The number of para-hydroxylation sites is 1. The third kappa shape index (κ3) is 7.13. The van der Waals surface area contributed by atoms with Gasteiger partial charge in [0.15, 0.2) is 0 Å². The molecule has 2 fully saturated rings. The predicted octanol–water partition coefficient (Wildman–Crippen LogP) is 5.91. The first kappa shape index (κ1) is 29.2. The number of thiazole rings is 1. The molecule has 5 rings (SSSR count). The van der Waals surface area contributed by atoms with Crippen LogP contribution in [0.15, 0.2) is 48.5 Å². The quantitative estimate of drug-likeness (QED) is 0.349. The Bertz CT molecular complexity index is 1400. The van der Waals surface area contributed by atoms with Crippen molar-refractivity contribution in [2.75, 3.05) is 44.2 Å². The van der Waals surface area contributed by atoms with Crippen molar-refractivity contribution < 1.29 is 27.5 Å². The second-order valence-corrected chi connectivity index (χ2v) is 11.9. The van der Waals surface area contributed by atoms with Crippen molar-refractivity contribution >= 4 is 40.4 Å². The van der Waals surface area contributed by atoms with Crippen LogP contribution in [0.4, 0.5) is 18.9 Å². The summed E-state index contributed by atoms with van der Waals surface area (Å²) < 4.78 is 42.4. The van der Waals surface area contributed by atoms with E-state index in [2.05, 4.69) is 9.64 Å². The Labute approximate surface area is 245 Å². The molecule has 0 radical (unpaired) electrons. The summed E-state index contributed by atoms with van der Waals surface area (Å²) in [5.74, 6) is -0.811. The Morgan fingerprint density at radius 2 is 1.71 bits per heavy atom. The number of piperazine rings is 1. The van der Waals surface area contributed by atoms with Gasteiger partial charge in [-0.25, -0.2) is 4.98 Å². The number of nitrogens with zero attached hydrogens (tertiary/aromatic N) is 4. The van der Waals surface area contributed by atoms with Gasteiger partial charge in [0.05, 0.1) is 22.7 Å². The van der Waals surface area contributed by atoms with Crippen LogP contribution in [0.1, 0.15) is 44.7 Å². The van der Waals surface area contributed by atoms with E-state index in [4.69, 9.17) is 16.6 Å². The number of hydrogen-bond acceptors (Lipinski definition) is 6. The molecule has 0 bridgehead atoms. The Balaban J connectivity index is 1.15. The maximum absolute atomic E-state index is 13.1. The molecule has 2 aliphatic rings. The number of benzene rings is 2. The molecule has 0 aliphatic carbocycles. The van der Waals surface area contributed by atoms with Crippen LogP contribution in [0.25, 0.3) is 0 Å². The fourth-order valence-corrected chi connectivity index (χ4v) is 6.58.